The lowest BCUT2D eigenvalue weighted by atomic mass is 9.84. The highest BCUT2D eigenvalue weighted by Gasteiger charge is 2.53. The maximum Gasteiger partial charge on any atom is 0.409 e. The molecular formula is C16H21N3O3. The zero-order valence-corrected chi connectivity index (χ0v) is 12.7. The van der Waals surface area contributed by atoms with Crippen LogP contribution < -0.4 is 5.32 Å². The van der Waals surface area contributed by atoms with Crippen molar-refractivity contribution in [2.24, 2.45) is 5.92 Å². The smallest absolute Gasteiger partial charge is 0.409 e. The molecule has 4 atom stereocenters. The Labute approximate surface area is 129 Å². The van der Waals surface area contributed by atoms with Crippen molar-refractivity contribution in [2.45, 2.75) is 31.5 Å². The van der Waals surface area contributed by atoms with E-state index in [4.69, 9.17) is 4.74 Å². The van der Waals surface area contributed by atoms with Crippen LogP contribution in [0.2, 0.25) is 0 Å². The molecular weight excluding hydrogens is 282 g/mol. The molecule has 6 heteroatoms. The van der Waals surface area contributed by atoms with E-state index in [9.17, 15) is 9.59 Å². The molecule has 2 unspecified atom stereocenters. The van der Waals surface area contributed by atoms with Crippen molar-refractivity contribution in [3.8, 4) is 0 Å². The van der Waals surface area contributed by atoms with Crippen LogP contribution in [0.5, 0.6) is 0 Å². The van der Waals surface area contributed by atoms with Crippen molar-refractivity contribution in [1.29, 1.82) is 0 Å². The molecule has 22 heavy (non-hydrogen) atoms. The fraction of sp³-hybridized carbons (Fsp3) is 0.625. The topological polar surface area (TPSA) is 61.9 Å². The van der Waals surface area contributed by atoms with Crippen molar-refractivity contribution in [3.05, 3.63) is 23.8 Å². The molecule has 0 radical (unpaired) electrons. The maximum atomic E-state index is 12.0. The van der Waals surface area contributed by atoms with Gasteiger partial charge in [0.15, 0.2) is 0 Å². The first kappa shape index (κ1) is 13.8. The van der Waals surface area contributed by atoms with E-state index < -0.39 is 0 Å². The second-order valence-corrected chi connectivity index (χ2v) is 6.37. The Bertz CT molecular complexity index is 571. The van der Waals surface area contributed by atoms with Gasteiger partial charge in [-0.3, -0.25) is 9.69 Å². The Morgan fingerprint density at radius 3 is 3.18 bits per heavy atom. The second kappa shape index (κ2) is 5.12. The normalized spacial score (nSPS) is 36.3. The van der Waals surface area contributed by atoms with Crippen molar-refractivity contribution in [2.75, 3.05) is 26.2 Å². The molecule has 2 amide bonds. The van der Waals surface area contributed by atoms with Crippen LogP contribution in [0.1, 0.15) is 13.3 Å². The third-order valence-electron chi connectivity index (χ3n) is 5.26. The van der Waals surface area contributed by atoms with Crippen LogP contribution in [-0.2, 0) is 9.53 Å². The monoisotopic (exact) mass is 303 g/mol. The standard InChI is InChI=1S/C16H21N3O3/c1-2-22-16(21)18-7-6-13-11(8-18)10-4-3-5-12-15(10)19(13)9-14(20)17-12/h3-5,11-13,15H,2,6-9H2,1H3,(H,17,20)/t11-,12?,13-,15?/m0/s1. The summed E-state index contributed by atoms with van der Waals surface area (Å²) in [4.78, 5) is 28.1. The number of ether oxygens (including phenoxy) is 1. The molecule has 3 aliphatic heterocycles. The van der Waals surface area contributed by atoms with E-state index in [0.29, 0.717) is 38.2 Å². The van der Waals surface area contributed by atoms with Crippen LogP contribution in [0.4, 0.5) is 4.79 Å². The lowest BCUT2D eigenvalue weighted by Crippen LogP contribution is -2.60. The van der Waals surface area contributed by atoms with Crippen molar-refractivity contribution >= 4 is 12.0 Å². The molecule has 0 spiro atoms. The SMILES string of the molecule is CCOC(=O)N1CC[C@H]2[C@@H](C1)C1=CC=CC3NC(=O)CN2C13. The van der Waals surface area contributed by atoms with Gasteiger partial charge in [-0.25, -0.2) is 4.79 Å². The van der Waals surface area contributed by atoms with E-state index in [0.717, 1.165) is 6.42 Å². The third-order valence-corrected chi connectivity index (χ3v) is 5.26. The molecule has 0 aromatic heterocycles. The minimum Gasteiger partial charge on any atom is -0.450 e. The average molecular weight is 303 g/mol. The number of rotatable bonds is 1. The molecule has 3 saturated heterocycles. The van der Waals surface area contributed by atoms with Gasteiger partial charge in [0.1, 0.15) is 0 Å². The van der Waals surface area contributed by atoms with Crippen molar-refractivity contribution in [1.82, 2.24) is 15.1 Å². The number of carbonyl (C=O) groups excluding carboxylic acids is 2. The van der Waals surface area contributed by atoms with E-state index in [1.54, 1.807) is 0 Å². The molecule has 0 bridgehead atoms. The summed E-state index contributed by atoms with van der Waals surface area (Å²) in [7, 11) is 0. The zero-order valence-electron chi connectivity index (χ0n) is 12.7. The van der Waals surface area contributed by atoms with E-state index in [1.807, 2.05) is 17.9 Å². The van der Waals surface area contributed by atoms with Gasteiger partial charge in [0.05, 0.1) is 25.2 Å². The van der Waals surface area contributed by atoms with Gasteiger partial charge in [0.25, 0.3) is 0 Å². The number of carbonyl (C=O) groups is 2. The lowest BCUT2D eigenvalue weighted by Gasteiger charge is -2.40. The van der Waals surface area contributed by atoms with Crippen molar-refractivity contribution < 1.29 is 14.3 Å². The maximum absolute atomic E-state index is 12.0. The summed E-state index contributed by atoms with van der Waals surface area (Å²) in [5.74, 6) is 0.406. The van der Waals surface area contributed by atoms with Gasteiger partial charge in [-0.05, 0) is 18.9 Å². The summed E-state index contributed by atoms with van der Waals surface area (Å²) >= 11 is 0. The third kappa shape index (κ3) is 1.97. The van der Waals surface area contributed by atoms with Crippen LogP contribution in [0.15, 0.2) is 23.8 Å². The first-order chi connectivity index (χ1) is 10.7. The molecule has 3 fully saturated rings. The summed E-state index contributed by atoms with van der Waals surface area (Å²) in [5, 5.41) is 3.07. The highest BCUT2D eigenvalue weighted by Crippen LogP contribution is 2.43. The van der Waals surface area contributed by atoms with Crippen molar-refractivity contribution in [3.63, 3.8) is 0 Å². The number of nitrogens with zero attached hydrogens (tertiary/aromatic N) is 2. The Kier molecular flexibility index (Phi) is 3.22. The Hall–Kier alpha value is -1.82. The van der Waals surface area contributed by atoms with E-state index in [-0.39, 0.29) is 24.1 Å². The van der Waals surface area contributed by atoms with Gasteiger partial charge in [-0.15, -0.1) is 0 Å². The minimum atomic E-state index is -0.219. The minimum absolute atomic E-state index is 0.0721. The predicted molar refractivity (Wildman–Crippen MR) is 80.1 cm³/mol. The molecule has 4 rings (SSSR count). The summed E-state index contributed by atoms with van der Waals surface area (Å²) < 4.78 is 5.14. The van der Waals surface area contributed by atoms with Gasteiger partial charge in [-0.1, -0.05) is 18.2 Å². The Morgan fingerprint density at radius 2 is 2.36 bits per heavy atom. The molecule has 6 nitrogen and oxygen atoms in total. The number of amides is 2. The molecule has 1 N–H and O–H groups in total. The molecule has 4 aliphatic rings. The molecule has 3 heterocycles. The first-order valence-electron chi connectivity index (χ1n) is 8.04. The molecule has 0 saturated carbocycles. The Balaban J connectivity index is 1.60. The predicted octanol–water partition coefficient (Wildman–Crippen LogP) is 0.512. The highest BCUT2D eigenvalue weighted by molar-refractivity contribution is 5.80. The molecule has 0 aromatic carbocycles. The largest absolute Gasteiger partial charge is 0.450 e. The number of piperidine rings is 1. The summed E-state index contributed by atoms with van der Waals surface area (Å²) in [6.07, 6.45) is 6.95. The number of fused-ring (bicyclic) bond motifs is 3. The number of likely N-dealkylation sites (tertiary alicyclic amines) is 1. The quantitative estimate of drug-likeness (QED) is 0.767. The first-order valence-corrected chi connectivity index (χ1v) is 8.04. The van der Waals surface area contributed by atoms with E-state index >= 15 is 0 Å². The zero-order chi connectivity index (χ0) is 15.3. The van der Waals surface area contributed by atoms with Gasteiger partial charge in [-0.2, -0.15) is 0 Å². The number of hydrogen-bond donors (Lipinski definition) is 1. The number of piperazine rings is 1. The van der Waals surface area contributed by atoms with Gasteiger partial charge >= 0.3 is 6.09 Å². The summed E-state index contributed by atoms with van der Waals surface area (Å²) in [6, 6.07) is 0.693. The lowest BCUT2D eigenvalue weighted by molar-refractivity contribution is -0.126. The van der Waals surface area contributed by atoms with Crippen LogP contribution in [0.3, 0.4) is 0 Å². The molecule has 118 valence electrons. The second-order valence-electron chi connectivity index (χ2n) is 6.37. The van der Waals surface area contributed by atoms with Gasteiger partial charge < -0.3 is 15.0 Å². The summed E-state index contributed by atoms with van der Waals surface area (Å²) in [6.45, 7) is 4.10. The van der Waals surface area contributed by atoms with Crippen LogP contribution in [0.25, 0.3) is 0 Å². The summed E-state index contributed by atoms with van der Waals surface area (Å²) in [5.41, 5.74) is 1.35. The van der Waals surface area contributed by atoms with E-state index in [2.05, 4.69) is 22.4 Å². The van der Waals surface area contributed by atoms with Gasteiger partial charge in [0, 0.05) is 25.0 Å². The number of nitrogens with one attached hydrogen (secondary N) is 1. The van der Waals surface area contributed by atoms with Gasteiger partial charge in [0.2, 0.25) is 5.91 Å². The fourth-order valence-corrected chi connectivity index (χ4v) is 4.43. The van der Waals surface area contributed by atoms with Crippen LogP contribution in [-0.4, -0.2) is 66.2 Å². The average Bonchev–Trinajstić information content (AvgIpc) is 2.83. The highest BCUT2D eigenvalue weighted by atomic mass is 16.6. The number of allylic oxidation sites excluding steroid dienone is 2. The molecule has 1 aliphatic carbocycles. The molecule has 0 aromatic rings. The van der Waals surface area contributed by atoms with Crippen LogP contribution in [0, 0.1) is 5.92 Å². The number of hydrogen-bond acceptors (Lipinski definition) is 4. The van der Waals surface area contributed by atoms with E-state index in [1.165, 1.54) is 5.57 Å². The Morgan fingerprint density at radius 1 is 1.50 bits per heavy atom. The fourth-order valence-electron chi connectivity index (χ4n) is 4.43. The van der Waals surface area contributed by atoms with Crippen LogP contribution >= 0.6 is 0 Å².